The predicted molar refractivity (Wildman–Crippen MR) is 158 cm³/mol. The Bertz CT molecular complexity index is 1940. The number of furan rings is 1. The van der Waals surface area contributed by atoms with Gasteiger partial charge in [0.1, 0.15) is 11.5 Å². The second-order valence-corrected chi connectivity index (χ2v) is 10.9. The zero-order valence-corrected chi connectivity index (χ0v) is 25.3. The molecule has 0 N–H and O–H groups in total. The highest BCUT2D eigenvalue weighted by Gasteiger charge is 2.34. The van der Waals surface area contributed by atoms with Gasteiger partial charge in [0.05, 0.1) is 47.6 Å². The minimum absolute atomic E-state index is 0.0555. The number of hydrogen-bond acceptors (Lipinski definition) is 10. The van der Waals surface area contributed by atoms with E-state index >= 15 is 0 Å². The molecule has 0 fully saturated rings. The molecule has 42 heavy (non-hydrogen) atoms. The second-order valence-electron chi connectivity index (χ2n) is 9.04. The number of fused-ring (bicyclic) bond motifs is 1. The third-order valence-corrected chi connectivity index (χ3v) is 8.21. The van der Waals surface area contributed by atoms with Crippen LogP contribution >= 0.6 is 27.3 Å². The third-order valence-electron chi connectivity index (χ3n) is 6.57. The van der Waals surface area contributed by atoms with Crippen molar-refractivity contribution in [2.24, 2.45) is 4.99 Å². The number of hydrogen-bond donors (Lipinski definition) is 0. The molecule has 3 heterocycles. The monoisotopic (exact) mass is 653 g/mol. The first-order valence-corrected chi connectivity index (χ1v) is 14.2. The van der Waals surface area contributed by atoms with E-state index in [0.29, 0.717) is 53.6 Å². The highest BCUT2D eigenvalue weighted by atomic mass is 79.9. The largest absolute Gasteiger partial charge is 0.493 e. The van der Waals surface area contributed by atoms with Gasteiger partial charge >= 0.3 is 5.97 Å². The minimum Gasteiger partial charge on any atom is -0.493 e. The maximum absolute atomic E-state index is 13.9. The number of esters is 1. The predicted octanol–water partition coefficient (Wildman–Crippen LogP) is 4.75. The molecule has 1 aliphatic heterocycles. The summed E-state index contributed by atoms with van der Waals surface area (Å²) in [7, 11) is 3.03. The highest BCUT2D eigenvalue weighted by molar-refractivity contribution is 9.10. The summed E-state index contributed by atoms with van der Waals surface area (Å²) in [5.41, 5.74) is 1.48. The molecule has 2 aromatic carbocycles. The number of ether oxygens (including phenoxy) is 3. The van der Waals surface area contributed by atoms with Gasteiger partial charge in [-0.1, -0.05) is 17.4 Å². The molecule has 0 saturated carbocycles. The zero-order chi connectivity index (χ0) is 30.1. The Balaban J connectivity index is 1.63. The van der Waals surface area contributed by atoms with E-state index in [1.54, 1.807) is 56.3 Å². The Hall–Kier alpha value is -4.49. The number of aromatic nitrogens is 1. The number of rotatable bonds is 8. The Labute approximate surface area is 251 Å². The summed E-state index contributed by atoms with van der Waals surface area (Å²) >= 11 is 4.52. The van der Waals surface area contributed by atoms with Crippen LogP contribution in [-0.2, 0) is 9.53 Å². The zero-order valence-electron chi connectivity index (χ0n) is 22.9. The lowest BCUT2D eigenvalue weighted by molar-refractivity contribution is -0.384. The van der Waals surface area contributed by atoms with E-state index in [9.17, 15) is 19.7 Å². The Morgan fingerprint density at radius 3 is 2.60 bits per heavy atom. The fourth-order valence-corrected chi connectivity index (χ4v) is 6.24. The van der Waals surface area contributed by atoms with E-state index in [-0.39, 0.29) is 23.4 Å². The first-order chi connectivity index (χ1) is 20.2. The molecule has 11 nitrogen and oxygen atoms in total. The normalized spacial score (nSPS) is 14.8. The number of carbonyl (C=O) groups excluding carboxylic acids is 1. The molecule has 0 spiro atoms. The van der Waals surface area contributed by atoms with Crippen molar-refractivity contribution in [2.75, 3.05) is 20.8 Å². The van der Waals surface area contributed by atoms with Crippen LogP contribution in [0.3, 0.4) is 0 Å². The summed E-state index contributed by atoms with van der Waals surface area (Å²) in [6.45, 7) is 3.57. The van der Waals surface area contributed by atoms with Crippen molar-refractivity contribution in [3.63, 3.8) is 0 Å². The molecular formula is C29H24BrN3O8S. The fourth-order valence-electron chi connectivity index (χ4n) is 4.65. The first kappa shape index (κ1) is 29.0. The number of halogens is 1. The van der Waals surface area contributed by atoms with E-state index in [0.717, 1.165) is 11.3 Å². The number of nitrogens with zero attached hydrogens (tertiary/aromatic N) is 3. The van der Waals surface area contributed by atoms with E-state index < -0.39 is 16.9 Å². The molecule has 216 valence electrons. The standard InChI is InChI=1S/C29H24BrN3O8S/c1-5-40-28(35)25-15(2)31-29-32(26(25)16-6-10-22(38-3)23(12-16)39-4)27(34)24(42-29)14-18-8-11-21(41-18)19-9-7-17(33(36)37)13-20(19)30/h6-14,26H,5H2,1-4H3. The molecule has 0 bridgehead atoms. The summed E-state index contributed by atoms with van der Waals surface area (Å²) in [6, 6.07) is 12.1. The lowest BCUT2D eigenvalue weighted by Crippen LogP contribution is -2.39. The molecule has 1 aliphatic rings. The van der Waals surface area contributed by atoms with Gasteiger partial charge in [-0.05, 0) is 65.7 Å². The Morgan fingerprint density at radius 2 is 1.93 bits per heavy atom. The van der Waals surface area contributed by atoms with Gasteiger partial charge < -0.3 is 18.6 Å². The summed E-state index contributed by atoms with van der Waals surface area (Å²) < 4.78 is 24.5. The highest BCUT2D eigenvalue weighted by Crippen LogP contribution is 2.36. The average molecular weight is 654 g/mol. The number of non-ortho nitro benzene ring substituents is 1. The average Bonchev–Trinajstić information content (AvgIpc) is 3.55. The number of nitro groups is 1. The topological polar surface area (TPSA) is 135 Å². The lowest BCUT2D eigenvalue weighted by atomic mass is 9.95. The van der Waals surface area contributed by atoms with Gasteiger partial charge in [0.25, 0.3) is 11.2 Å². The molecule has 0 amide bonds. The van der Waals surface area contributed by atoms with Gasteiger partial charge in [0, 0.05) is 28.2 Å². The van der Waals surface area contributed by atoms with Crippen molar-refractivity contribution in [3.05, 3.63) is 105 Å². The van der Waals surface area contributed by atoms with E-state index in [2.05, 4.69) is 20.9 Å². The smallest absolute Gasteiger partial charge is 0.338 e. The van der Waals surface area contributed by atoms with Crippen molar-refractivity contribution in [2.45, 2.75) is 19.9 Å². The number of methoxy groups -OCH3 is 2. The Morgan fingerprint density at radius 1 is 1.17 bits per heavy atom. The summed E-state index contributed by atoms with van der Waals surface area (Å²) in [5.74, 6) is 1.22. The van der Waals surface area contributed by atoms with Crippen LogP contribution in [0.15, 0.2) is 78.5 Å². The molecule has 0 aliphatic carbocycles. The van der Waals surface area contributed by atoms with Crippen LogP contribution in [0.1, 0.15) is 31.2 Å². The maximum Gasteiger partial charge on any atom is 0.338 e. The first-order valence-electron chi connectivity index (χ1n) is 12.6. The van der Waals surface area contributed by atoms with Crippen LogP contribution in [-0.4, -0.2) is 36.3 Å². The van der Waals surface area contributed by atoms with Crippen LogP contribution < -0.4 is 24.4 Å². The van der Waals surface area contributed by atoms with Crippen LogP contribution in [0.25, 0.3) is 17.4 Å². The SMILES string of the molecule is CCOC(=O)C1=C(C)N=c2sc(=Cc3ccc(-c4ccc([N+](=O)[O-])cc4Br)o3)c(=O)n2C1c1ccc(OC)c(OC)c1. The summed E-state index contributed by atoms with van der Waals surface area (Å²) in [6.07, 6.45) is 1.60. The number of nitro benzene ring substituents is 1. The summed E-state index contributed by atoms with van der Waals surface area (Å²) in [4.78, 5) is 42.6. The minimum atomic E-state index is -0.828. The third kappa shape index (κ3) is 5.28. The van der Waals surface area contributed by atoms with E-state index in [4.69, 9.17) is 18.6 Å². The van der Waals surface area contributed by atoms with Crippen molar-refractivity contribution in [1.82, 2.24) is 4.57 Å². The van der Waals surface area contributed by atoms with Gasteiger partial charge in [0.15, 0.2) is 16.3 Å². The fraction of sp³-hybridized carbons (Fsp3) is 0.207. The number of carbonyl (C=O) groups is 1. The number of benzene rings is 2. The quantitative estimate of drug-likeness (QED) is 0.151. The van der Waals surface area contributed by atoms with Crippen LogP contribution in [0.2, 0.25) is 0 Å². The van der Waals surface area contributed by atoms with Gasteiger partial charge in [-0.25, -0.2) is 9.79 Å². The lowest BCUT2D eigenvalue weighted by Gasteiger charge is -2.25. The van der Waals surface area contributed by atoms with Crippen LogP contribution in [0.5, 0.6) is 11.5 Å². The van der Waals surface area contributed by atoms with Crippen molar-refractivity contribution in [1.29, 1.82) is 0 Å². The van der Waals surface area contributed by atoms with Gasteiger partial charge in [-0.3, -0.25) is 19.5 Å². The van der Waals surface area contributed by atoms with E-state index in [1.807, 2.05) is 0 Å². The number of thiazole rings is 1. The van der Waals surface area contributed by atoms with Crippen molar-refractivity contribution in [3.8, 4) is 22.8 Å². The van der Waals surface area contributed by atoms with Gasteiger partial charge in [-0.2, -0.15) is 0 Å². The molecule has 5 rings (SSSR count). The molecule has 0 saturated heterocycles. The molecule has 1 unspecified atom stereocenters. The second kappa shape index (κ2) is 11.8. The van der Waals surface area contributed by atoms with Gasteiger partial charge in [-0.15, -0.1) is 0 Å². The van der Waals surface area contributed by atoms with Crippen molar-refractivity contribution < 1.29 is 28.3 Å². The van der Waals surface area contributed by atoms with Crippen LogP contribution in [0, 0.1) is 10.1 Å². The molecule has 1 atom stereocenters. The van der Waals surface area contributed by atoms with Crippen LogP contribution in [0.4, 0.5) is 5.69 Å². The molecular weight excluding hydrogens is 630 g/mol. The molecule has 13 heteroatoms. The molecule has 0 radical (unpaired) electrons. The van der Waals surface area contributed by atoms with Gasteiger partial charge in [0.2, 0.25) is 0 Å². The molecule has 4 aromatic rings. The maximum atomic E-state index is 13.9. The van der Waals surface area contributed by atoms with E-state index in [1.165, 1.54) is 30.9 Å². The Kier molecular flexibility index (Phi) is 8.14. The number of allylic oxidation sites excluding steroid dienone is 1. The van der Waals surface area contributed by atoms with Crippen molar-refractivity contribution >= 4 is 45.0 Å². The summed E-state index contributed by atoms with van der Waals surface area (Å²) in [5, 5.41) is 11.1. The molecule has 2 aromatic heterocycles.